The fraction of sp³-hybridized carbons (Fsp3) is 0.125. The summed E-state index contributed by atoms with van der Waals surface area (Å²) in [5.74, 6) is 0.0658. The topological polar surface area (TPSA) is 68.3 Å². The van der Waals surface area contributed by atoms with Crippen molar-refractivity contribution < 1.29 is 10.0 Å². The van der Waals surface area contributed by atoms with Crippen LogP contribution in [0.5, 0.6) is 5.75 Å². The van der Waals surface area contributed by atoms with Gasteiger partial charge >= 0.3 is 0 Å². The summed E-state index contributed by atoms with van der Waals surface area (Å²) in [5.41, 5.74) is 2.69. The van der Waals surface area contributed by atoms with Gasteiger partial charge < -0.3 is 9.67 Å². The molecule has 0 atom stereocenters. The van der Waals surface area contributed by atoms with Gasteiger partial charge in [-0.15, -0.1) is 0 Å². The smallest absolute Gasteiger partial charge is 0.270 e. The number of phenolic OH excluding ortho intramolecular Hbond substituents is 1. The molecule has 0 radical (unpaired) electrons. The molecule has 5 heteroatoms. The number of aromatic nitrogens is 1. The maximum absolute atomic E-state index is 10.9. The maximum Gasteiger partial charge on any atom is 0.270 e. The van der Waals surface area contributed by atoms with E-state index in [1.165, 1.54) is 18.2 Å². The molecule has 1 aromatic heterocycles. The Hall–Kier alpha value is -2.82. The van der Waals surface area contributed by atoms with Crippen LogP contribution in [0.15, 0.2) is 48.7 Å². The number of phenols is 1. The molecule has 0 bridgehead atoms. The highest BCUT2D eigenvalue weighted by Gasteiger charge is 2.12. The van der Waals surface area contributed by atoms with Crippen LogP contribution >= 0.6 is 0 Å². The number of benzene rings is 2. The normalized spacial score (nSPS) is 10.9. The first kappa shape index (κ1) is 13.2. The van der Waals surface area contributed by atoms with Crippen LogP contribution in [0.4, 0.5) is 5.69 Å². The third kappa shape index (κ3) is 2.33. The molecular weight excluding hydrogens is 268 g/mol. The van der Waals surface area contributed by atoms with Gasteiger partial charge in [-0.05, 0) is 24.6 Å². The summed E-state index contributed by atoms with van der Waals surface area (Å²) in [6.45, 7) is 2.41. The zero-order valence-corrected chi connectivity index (χ0v) is 11.5. The summed E-state index contributed by atoms with van der Waals surface area (Å²) in [5, 5.41) is 21.9. The van der Waals surface area contributed by atoms with Crippen LogP contribution in [0.1, 0.15) is 11.1 Å². The largest absolute Gasteiger partial charge is 0.508 e. The first-order valence-corrected chi connectivity index (χ1v) is 6.57. The van der Waals surface area contributed by atoms with Gasteiger partial charge in [-0.1, -0.05) is 18.2 Å². The highest BCUT2D eigenvalue weighted by Crippen LogP contribution is 2.27. The van der Waals surface area contributed by atoms with E-state index in [9.17, 15) is 15.2 Å². The summed E-state index contributed by atoms with van der Waals surface area (Å²) in [6.07, 6.45) is 1.99. The average Bonchev–Trinajstić information content (AvgIpc) is 2.78. The van der Waals surface area contributed by atoms with Gasteiger partial charge in [0.25, 0.3) is 5.69 Å². The Morgan fingerprint density at radius 3 is 2.76 bits per heavy atom. The molecule has 0 aliphatic rings. The lowest BCUT2D eigenvalue weighted by molar-refractivity contribution is -0.384. The molecule has 0 unspecified atom stereocenters. The zero-order chi connectivity index (χ0) is 15.0. The Bertz CT molecular complexity index is 837. The Kier molecular flexibility index (Phi) is 3.10. The lowest BCUT2D eigenvalue weighted by atomic mass is 10.1. The van der Waals surface area contributed by atoms with E-state index in [1.807, 2.05) is 42.0 Å². The molecule has 21 heavy (non-hydrogen) atoms. The second-order valence-corrected chi connectivity index (χ2v) is 5.03. The van der Waals surface area contributed by atoms with Crippen LogP contribution < -0.4 is 0 Å². The Balaban J connectivity index is 2.06. The van der Waals surface area contributed by atoms with Crippen LogP contribution in [0.3, 0.4) is 0 Å². The second kappa shape index (κ2) is 4.94. The first-order valence-electron chi connectivity index (χ1n) is 6.57. The maximum atomic E-state index is 10.9. The van der Waals surface area contributed by atoms with Crippen molar-refractivity contribution in [3.63, 3.8) is 0 Å². The van der Waals surface area contributed by atoms with Gasteiger partial charge in [0, 0.05) is 34.8 Å². The lowest BCUT2D eigenvalue weighted by Crippen LogP contribution is -1.99. The number of aromatic hydroxyl groups is 1. The molecule has 106 valence electrons. The average molecular weight is 282 g/mol. The monoisotopic (exact) mass is 282 g/mol. The van der Waals surface area contributed by atoms with E-state index in [4.69, 9.17) is 0 Å². The van der Waals surface area contributed by atoms with Crippen LogP contribution in [0.2, 0.25) is 0 Å². The predicted octanol–water partition coefficient (Wildman–Crippen LogP) is 3.61. The van der Waals surface area contributed by atoms with Crippen molar-refractivity contribution in [3.8, 4) is 5.75 Å². The Morgan fingerprint density at radius 1 is 1.24 bits per heavy atom. The van der Waals surface area contributed by atoms with Crippen LogP contribution in [-0.2, 0) is 6.54 Å². The molecule has 3 rings (SSSR count). The SMILES string of the molecule is Cc1cn(Cc2cc([N+](=O)[O-])ccc2O)c2ccccc12. The van der Waals surface area contributed by atoms with Gasteiger partial charge in [0.2, 0.25) is 0 Å². The van der Waals surface area contributed by atoms with Crippen molar-refractivity contribution in [2.24, 2.45) is 0 Å². The molecule has 0 saturated carbocycles. The summed E-state index contributed by atoms with van der Waals surface area (Å²) in [6, 6.07) is 12.0. The second-order valence-electron chi connectivity index (χ2n) is 5.03. The number of rotatable bonds is 3. The standard InChI is InChI=1S/C16H14N2O3/c1-11-9-17(15-5-3-2-4-14(11)15)10-12-8-13(18(20)21)6-7-16(12)19/h2-9,19H,10H2,1H3. The minimum atomic E-state index is -0.456. The summed E-state index contributed by atoms with van der Waals surface area (Å²) >= 11 is 0. The van der Waals surface area contributed by atoms with Crippen molar-refractivity contribution in [2.45, 2.75) is 13.5 Å². The number of nitro benzene ring substituents is 1. The minimum absolute atomic E-state index is 0.0176. The number of hydrogen-bond donors (Lipinski definition) is 1. The van der Waals surface area contributed by atoms with Crippen LogP contribution in [0.25, 0.3) is 10.9 Å². The predicted molar refractivity (Wildman–Crippen MR) is 80.5 cm³/mol. The third-order valence-electron chi connectivity index (χ3n) is 3.60. The number of nitro groups is 1. The lowest BCUT2D eigenvalue weighted by Gasteiger charge is -2.07. The summed E-state index contributed by atoms with van der Waals surface area (Å²) in [7, 11) is 0. The Morgan fingerprint density at radius 2 is 2.00 bits per heavy atom. The first-order chi connectivity index (χ1) is 10.1. The van der Waals surface area contributed by atoms with E-state index in [2.05, 4.69) is 0 Å². The molecule has 0 spiro atoms. The van der Waals surface area contributed by atoms with Crippen LogP contribution in [0, 0.1) is 17.0 Å². The zero-order valence-electron chi connectivity index (χ0n) is 11.5. The van der Waals surface area contributed by atoms with Crippen molar-refractivity contribution >= 4 is 16.6 Å². The highest BCUT2D eigenvalue weighted by molar-refractivity contribution is 5.83. The van der Waals surface area contributed by atoms with Gasteiger partial charge in [-0.25, -0.2) is 0 Å². The number of para-hydroxylation sites is 1. The van der Waals surface area contributed by atoms with Crippen molar-refractivity contribution in [3.05, 3.63) is 69.9 Å². The molecule has 3 aromatic rings. The number of fused-ring (bicyclic) bond motifs is 1. The van der Waals surface area contributed by atoms with Crippen molar-refractivity contribution in [1.82, 2.24) is 4.57 Å². The molecule has 0 saturated heterocycles. The number of non-ortho nitro benzene ring substituents is 1. The molecule has 0 aliphatic heterocycles. The third-order valence-corrected chi connectivity index (χ3v) is 3.60. The van der Waals surface area contributed by atoms with E-state index in [0.29, 0.717) is 12.1 Å². The molecule has 5 nitrogen and oxygen atoms in total. The molecule has 0 amide bonds. The van der Waals surface area contributed by atoms with E-state index >= 15 is 0 Å². The van der Waals surface area contributed by atoms with Gasteiger partial charge in [0.05, 0.1) is 11.5 Å². The molecular formula is C16H14N2O3. The van der Waals surface area contributed by atoms with Gasteiger partial charge in [-0.3, -0.25) is 10.1 Å². The summed E-state index contributed by atoms with van der Waals surface area (Å²) in [4.78, 5) is 10.4. The van der Waals surface area contributed by atoms with Crippen molar-refractivity contribution in [2.75, 3.05) is 0 Å². The quantitative estimate of drug-likeness (QED) is 0.589. The molecule has 0 aliphatic carbocycles. The van der Waals surface area contributed by atoms with E-state index in [-0.39, 0.29) is 11.4 Å². The van der Waals surface area contributed by atoms with E-state index < -0.39 is 4.92 Å². The number of nitrogens with zero attached hydrogens (tertiary/aromatic N) is 2. The molecule has 1 N–H and O–H groups in total. The minimum Gasteiger partial charge on any atom is -0.508 e. The molecule has 1 heterocycles. The highest BCUT2D eigenvalue weighted by atomic mass is 16.6. The van der Waals surface area contributed by atoms with Crippen LogP contribution in [-0.4, -0.2) is 14.6 Å². The van der Waals surface area contributed by atoms with Gasteiger partial charge in [0.15, 0.2) is 0 Å². The number of hydrogen-bond acceptors (Lipinski definition) is 3. The molecule has 0 fully saturated rings. The van der Waals surface area contributed by atoms with Gasteiger partial charge in [-0.2, -0.15) is 0 Å². The van der Waals surface area contributed by atoms with Crippen molar-refractivity contribution in [1.29, 1.82) is 0 Å². The van der Waals surface area contributed by atoms with E-state index in [0.717, 1.165) is 16.5 Å². The summed E-state index contributed by atoms with van der Waals surface area (Å²) < 4.78 is 1.99. The molecule has 2 aromatic carbocycles. The fourth-order valence-electron chi connectivity index (χ4n) is 2.56. The Labute approximate surface area is 121 Å². The fourth-order valence-corrected chi connectivity index (χ4v) is 2.56. The van der Waals surface area contributed by atoms with E-state index in [1.54, 1.807) is 0 Å². The van der Waals surface area contributed by atoms with Gasteiger partial charge in [0.1, 0.15) is 5.75 Å². The number of aryl methyl sites for hydroxylation is 1.